The topological polar surface area (TPSA) is 230 Å². The summed E-state index contributed by atoms with van der Waals surface area (Å²) in [6.45, 7) is 7.43. The van der Waals surface area contributed by atoms with Gasteiger partial charge in [-0.25, -0.2) is 5.01 Å². The number of aryl methyl sites for hydroxylation is 1. The quantitative estimate of drug-likeness (QED) is 0.0983. The molecule has 1 saturated heterocycles. The third-order valence-corrected chi connectivity index (χ3v) is 6.67. The van der Waals surface area contributed by atoms with Gasteiger partial charge in [-0.05, 0) is 37.2 Å². The molecule has 1 aromatic carbocycles. The Morgan fingerprint density at radius 1 is 0.909 bits per heavy atom. The van der Waals surface area contributed by atoms with Crippen LogP contribution in [0.5, 0.6) is 0 Å². The predicted molar refractivity (Wildman–Crippen MR) is 156 cm³/mol. The first-order valence-electron chi connectivity index (χ1n) is 14.3. The van der Waals surface area contributed by atoms with Crippen LogP contribution in [0, 0.1) is 11.8 Å². The summed E-state index contributed by atoms with van der Waals surface area (Å²) in [5.74, 6) is -6.30. The fourth-order valence-electron chi connectivity index (χ4n) is 4.21. The molecule has 1 heterocycles. The molecule has 1 aromatic rings. The van der Waals surface area contributed by atoms with Crippen molar-refractivity contribution in [2.24, 2.45) is 17.6 Å². The monoisotopic (exact) mass is 618 g/mol. The van der Waals surface area contributed by atoms with Crippen molar-refractivity contribution in [3.05, 3.63) is 35.9 Å². The van der Waals surface area contributed by atoms with Crippen LogP contribution in [0.2, 0.25) is 0 Å². The molecule has 5 atom stereocenters. The standard InChI is InChI=1S/C29H42N6O9/c1-15(2)13-19(25(30)39)32-28(42)23-24(44-23)29(43)35(14-21(37)38)34-26(40)17(5)31-27(41)22(16(3)4)33-20(36)12-11-18-9-7-6-8-10-18/h6-10,15-17,19,22-24H,11-14H2,1-5H3,(H2,30,39)(H,31,41)(H,32,42)(H,33,36)(H,34,40)(H,37,38)/t17-,19-,22-,23-,24-/m0/s1. The van der Waals surface area contributed by atoms with Gasteiger partial charge >= 0.3 is 5.97 Å². The van der Waals surface area contributed by atoms with Crippen molar-refractivity contribution in [1.82, 2.24) is 26.4 Å². The third kappa shape index (κ3) is 11.3. The zero-order chi connectivity index (χ0) is 33.1. The number of primary amides is 1. The smallest absolute Gasteiger partial charge is 0.325 e. The number of hydrogen-bond donors (Lipinski definition) is 6. The van der Waals surface area contributed by atoms with Crippen molar-refractivity contribution in [3.8, 4) is 0 Å². The van der Waals surface area contributed by atoms with E-state index in [9.17, 15) is 38.7 Å². The summed E-state index contributed by atoms with van der Waals surface area (Å²) in [6.07, 6.45) is -1.86. The van der Waals surface area contributed by atoms with Gasteiger partial charge in [-0.2, -0.15) is 0 Å². The van der Waals surface area contributed by atoms with Crippen molar-refractivity contribution in [2.45, 2.75) is 84.2 Å². The van der Waals surface area contributed by atoms with Gasteiger partial charge < -0.3 is 31.5 Å². The molecule has 1 fully saturated rings. The highest BCUT2D eigenvalue weighted by Crippen LogP contribution is 2.24. The fraction of sp³-hybridized carbons (Fsp3) is 0.552. The number of nitrogens with two attached hydrogens (primary N) is 1. The molecule has 15 heteroatoms. The van der Waals surface area contributed by atoms with Crippen LogP contribution in [-0.2, 0) is 44.7 Å². The number of carbonyl (C=O) groups is 7. The van der Waals surface area contributed by atoms with Crippen molar-refractivity contribution < 1.29 is 43.4 Å². The van der Waals surface area contributed by atoms with E-state index in [1.165, 1.54) is 6.92 Å². The van der Waals surface area contributed by atoms with Gasteiger partial charge in [-0.3, -0.25) is 39.0 Å². The fourth-order valence-corrected chi connectivity index (χ4v) is 4.21. The maximum absolute atomic E-state index is 13.0. The van der Waals surface area contributed by atoms with Gasteiger partial charge in [0.2, 0.25) is 17.7 Å². The molecule has 7 N–H and O–H groups in total. The Hall–Kier alpha value is -4.53. The Balaban J connectivity index is 1.97. The molecule has 2 rings (SSSR count). The molecule has 44 heavy (non-hydrogen) atoms. The molecule has 0 bridgehead atoms. The van der Waals surface area contributed by atoms with Crippen LogP contribution in [0.1, 0.15) is 53.0 Å². The number of ether oxygens (including phenoxy) is 1. The summed E-state index contributed by atoms with van der Waals surface area (Å²) in [5, 5.41) is 17.3. The molecule has 0 spiro atoms. The zero-order valence-electron chi connectivity index (χ0n) is 25.5. The number of nitrogens with one attached hydrogen (secondary N) is 4. The van der Waals surface area contributed by atoms with E-state index in [-0.39, 0.29) is 30.6 Å². The largest absolute Gasteiger partial charge is 0.480 e. The summed E-state index contributed by atoms with van der Waals surface area (Å²) in [4.78, 5) is 86.9. The second-order valence-corrected chi connectivity index (χ2v) is 11.4. The van der Waals surface area contributed by atoms with Crippen LogP contribution in [0.3, 0.4) is 0 Å². The Morgan fingerprint density at radius 3 is 2.09 bits per heavy atom. The van der Waals surface area contributed by atoms with Crippen LogP contribution in [-0.4, -0.2) is 88.4 Å². The Kier molecular flexibility index (Phi) is 13.3. The second kappa shape index (κ2) is 16.4. The molecule has 1 aliphatic rings. The minimum atomic E-state index is -1.47. The molecular formula is C29H42N6O9. The van der Waals surface area contributed by atoms with Crippen LogP contribution < -0.4 is 27.1 Å². The van der Waals surface area contributed by atoms with E-state index in [2.05, 4.69) is 21.4 Å². The number of amides is 6. The SMILES string of the molecule is CC(C)C[C@H](NC(=O)[C@H]1O[C@@H]1C(=O)N(CC(=O)O)NC(=O)[C@H](C)NC(=O)[C@@H](NC(=O)CCc1ccccc1)C(C)C)C(N)=O. The molecule has 0 aromatic heterocycles. The number of carbonyl (C=O) groups excluding carboxylic acids is 6. The van der Waals surface area contributed by atoms with E-state index in [4.69, 9.17) is 10.5 Å². The summed E-state index contributed by atoms with van der Waals surface area (Å²) < 4.78 is 5.13. The molecule has 15 nitrogen and oxygen atoms in total. The lowest BCUT2D eigenvalue weighted by atomic mass is 10.0. The Morgan fingerprint density at radius 2 is 1.55 bits per heavy atom. The highest BCUT2D eigenvalue weighted by molar-refractivity contribution is 5.99. The number of aliphatic carboxylic acids is 1. The maximum atomic E-state index is 13.0. The summed E-state index contributed by atoms with van der Waals surface area (Å²) >= 11 is 0. The molecule has 0 radical (unpaired) electrons. The summed E-state index contributed by atoms with van der Waals surface area (Å²) in [7, 11) is 0. The average molecular weight is 619 g/mol. The van der Waals surface area contributed by atoms with Gasteiger partial charge in [0, 0.05) is 6.42 Å². The van der Waals surface area contributed by atoms with Crippen molar-refractivity contribution in [2.75, 3.05) is 6.54 Å². The third-order valence-electron chi connectivity index (χ3n) is 6.67. The van der Waals surface area contributed by atoms with Crippen molar-refractivity contribution >= 4 is 41.4 Å². The number of hydrogen-bond acceptors (Lipinski definition) is 8. The van der Waals surface area contributed by atoms with E-state index in [0.717, 1.165) is 5.56 Å². The second-order valence-electron chi connectivity index (χ2n) is 11.4. The predicted octanol–water partition coefficient (Wildman–Crippen LogP) is -1.01. The molecule has 0 saturated carbocycles. The average Bonchev–Trinajstić information content (AvgIpc) is 3.74. The van der Waals surface area contributed by atoms with E-state index in [1.54, 1.807) is 13.8 Å². The van der Waals surface area contributed by atoms with E-state index >= 15 is 0 Å². The van der Waals surface area contributed by atoms with Gasteiger partial charge in [-0.1, -0.05) is 58.0 Å². The van der Waals surface area contributed by atoms with Crippen LogP contribution in [0.4, 0.5) is 0 Å². The normalized spacial score (nSPS) is 17.5. The first-order chi connectivity index (χ1) is 20.6. The highest BCUT2D eigenvalue weighted by atomic mass is 16.6. The lowest BCUT2D eigenvalue weighted by Gasteiger charge is -2.26. The van der Waals surface area contributed by atoms with Gasteiger partial charge in [-0.15, -0.1) is 0 Å². The highest BCUT2D eigenvalue weighted by Gasteiger charge is 2.53. The van der Waals surface area contributed by atoms with Gasteiger partial charge in [0.15, 0.2) is 12.2 Å². The number of carboxylic acid groups (broad SMARTS) is 1. The number of rotatable bonds is 16. The molecular weight excluding hydrogens is 576 g/mol. The Bertz CT molecular complexity index is 1220. The maximum Gasteiger partial charge on any atom is 0.325 e. The van der Waals surface area contributed by atoms with Crippen LogP contribution in [0.25, 0.3) is 0 Å². The van der Waals surface area contributed by atoms with E-state index < -0.39 is 72.4 Å². The minimum Gasteiger partial charge on any atom is -0.480 e. The summed E-state index contributed by atoms with van der Waals surface area (Å²) in [6, 6.07) is 6.14. The van der Waals surface area contributed by atoms with Gasteiger partial charge in [0.1, 0.15) is 24.7 Å². The van der Waals surface area contributed by atoms with Gasteiger partial charge in [0.25, 0.3) is 17.7 Å². The van der Waals surface area contributed by atoms with Crippen LogP contribution in [0.15, 0.2) is 30.3 Å². The van der Waals surface area contributed by atoms with Gasteiger partial charge in [0.05, 0.1) is 0 Å². The number of nitrogens with zero attached hydrogens (tertiary/aromatic N) is 1. The zero-order valence-corrected chi connectivity index (χ0v) is 25.5. The number of carboxylic acids is 1. The summed E-state index contributed by atoms with van der Waals surface area (Å²) in [5.41, 5.74) is 8.43. The molecule has 242 valence electrons. The first kappa shape index (κ1) is 35.7. The lowest BCUT2D eigenvalue weighted by molar-refractivity contribution is -0.151. The minimum absolute atomic E-state index is 0.0285. The molecule has 1 aliphatic heterocycles. The molecule has 0 unspecified atom stereocenters. The number of epoxide rings is 1. The number of benzene rings is 1. The number of hydrazine groups is 1. The lowest BCUT2D eigenvalue weighted by Crippen LogP contribution is -2.58. The van der Waals surface area contributed by atoms with Crippen molar-refractivity contribution in [1.29, 1.82) is 0 Å². The van der Waals surface area contributed by atoms with Crippen LogP contribution >= 0.6 is 0 Å². The van der Waals surface area contributed by atoms with Crippen molar-refractivity contribution in [3.63, 3.8) is 0 Å². The molecule has 0 aliphatic carbocycles. The molecule has 6 amide bonds. The first-order valence-corrected chi connectivity index (χ1v) is 14.3. The van der Waals surface area contributed by atoms with E-state index in [1.807, 2.05) is 44.2 Å². The Labute approximate surface area is 255 Å². The van der Waals surface area contributed by atoms with E-state index in [0.29, 0.717) is 11.4 Å².